The average molecular weight is 563 g/mol. The zero-order valence-corrected chi connectivity index (χ0v) is 25.3. The molecule has 1 saturated heterocycles. The predicted octanol–water partition coefficient (Wildman–Crippen LogP) is 7.51. The lowest BCUT2D eigenvalue weighted by Crippen LogP contribution is -2.49. The van der Waals surface area contributed by atoms with Crippen LogP contribution in [0, 0.1) is 0 Å². The van der Waals surface area contributed by atoms with Crippen LogP contribution >= 0.6 is 0 Å². The van der Waals surface area contributed by atoms with Crippen molar-refractivity contribution in [3.63, 3.8) is 0 Å². The highest BCUT2D eigenvalue weighted by atomic mass is 16.5. The molecule has 42 heavy (non-hydrogen) atoms. The van der Waals surface area contributed by atoms with Crippen molar-refractivity contribution in [1.29, 1.82) is 0 Å². The summed E-state index contributed by atoms with van der Waals surface area (Å²) in [4.78, 5) is 18.1. The fraction of sp³-hybridized carbons (Fsp3) is 0.324. The van der Waals surface area contributed by atoms with Gasteiger partial charge in [-0.3, -0.25) is 9.69 Å². The SMILES string of the molecule is CCOc1ccc(C(=O)N2CCN(C(c3ccccc3)c3ccccc3)CC2)cc1COc1ccc(C(C)(C)C)cc1. The van der Waals surface area contributed by atoms with Crippen LogP contribution < -0.4 is 9.47 Å². The topological polar surface area (TPSA) is 42.0 Å². The van der Waals surface area contributed by atoms with Crippen LogP contribution in [0.25, 0.3) is 0 Å². The molecule has 0 unspecified atom stereocenters. The Morgan fingerprint density at radius 3 is 1.90 bits per heavy atom. The molecule has 4 aromatic rings. The van der Waals surface area contributed by atoms with Gasteiger partial charge in [0.15, 0.2) is 0 Å². The van der Waals surface area contributed by atoms with Gasteiger partial charge in [0.1, 0.15) is 18.1 Å². The highest BCUT2D eigenvalue weighted by molar-refractivity contribution is 5.94. The summed E-state index contributed by atoms with van der Waals surface area (Å²) in [6, 6.07) is 35.4. The van der Waals surface area contributed by atoms with Gasteiger partial charge in [-0.05, 0) is 59.4 Å². The number of hydrogen-bond donors (Lipinski definition) is 0. The maximum atomic E-state index is 13.7. The van der Waals surface area contributed by atoms with Gasteiger partial charge in [-0.15, -0.1) is 0 Å². The van der Waals surface area contributed by atoms with Crippen molar-refractivity contribution in [3.05, 3.63) is 131 Å². The third kappa shape index (κ3) is 7.03. The predicted molar refractivity (Wildman–Crippen MR) is 169 cm³/mol. The molecule has 0 atom stereocenters. The van der Waals surface area contributed by atoms with Crippen molar-refractivity contribution in [2.24, 2.45) is 0 Å². The molecule has 5 nitrogen and oxygen atoms in total. The fourth-order valence-electron chi connectivity index (χ4n) is 5.58. The van der Waals surface area contributed by atoms with Gasteiger partial charge in [0.05, 0.1) is 12.6 Å². The normalized spacial score (nSPS) is 14.2. The van der Waals surface area contributed by atoms with Gasteiger partial charge in [-0.25, -0.2) is 0 Å². The highest BCUT2D eigenvalue weighted by Crippen LogP contribution is 2.30. The third-order valence-electron chi connectivity index (χ3n) is 7.92. The molecule has 1 fully saturated rings. The van der Waals surface area contributed by atoms with Crippen LogP contribution in [-0.4, -0.2) is 48.5 Å². The van der Waals surface area contributed by atoms with Crippen LogP contribution in [0.2, 0.25) is 0 Å². The Labute approximate surface area is 250 Å². The van der Waals surface area contributed by atoms with Crippen LogP contribution in [0.1, 0.15) is 66.3 Å². The number of ether oxygens (including phenoxy) is 2. The molecule has 0 saturated carbocycles. The minimum Gasteiger partial charge on any atom is -0.493 e. The summed E-state index contributed by atoms with van der Waals surface area (Å²) < 4.78 is 12.0. The monoisotopic (exact) mass is 562 g/mol. The molecule has 0 bridgehead atoms. The summed E-state index contributed by atoms with van der Waals surface area (Å²) in [5, 5.41) is 0. The number of amides is 1. The van der Waals surface area contributed by atoms with E-state index < -0.39 is 0 Å². The second kappa shape index (κ2) is 13.3. The number of nitrogens with zero attached hydrogens (tertiary/aromatic N) is 2. The van der Waals surface area contributed by atoms with E-state index in [0.29, 0.717) is 31.9 Å². The van der Waals surface area contributed by atoms with E-state index in [1.807, 2.05) is 42.2 Å². The largest absolute Gasteiger partial charge is 0.493 e. The third-order valence-corrected chi connectivity index (χ3v) is 7.92. The van der Waals surface area contributed by atoms with E-state index in [2.05, 4.69) is 98.5 Å². The van der Waals surface area contributed by atoms with Gasteiger partial charge in [0, 0.05) is 37.3 Å². The second-order valence-corrected chi connectivity index (χ2v) is 11.9. The van der Waals surface area contributed by atoms with Crippen molar-refractivity contribution >= 4 is 5.91 Å². The lowest BCUT2D eigenvalue weighted by atomic mass is 9.87. The van der Waals surface area contributed by atoms with Gasteiger partial charge in [-0.2, -0.15) is 0 Å². The molecular formula is C37H42N2O3. The molecule has 218 valence electrons. The Balaban J connectivity index is 1.27. The summed E-state index contributed by atoms with van der Waals surface area (Å²) in [7, 11) is 0. The number of carbonyl (C=O) groups excluding carboxylic acids is 1. The summed E-state index contributed by atoms with van der Waals surface area (Å²) in [6.07, 6.45) is 0. The second-order valence-electron chi connectivity index (χ2n) is 11.9. The molecule has 0 N–H and O–H groups in total. The number of piperazine rings is 1. The van der Waals surface area contributed by atoms with E-state index in [-0.39, 0.29) is 17.4 Å². The van der Waals surface area contributed by atoms with E-state index in [1.165, 1.54) is 16.7 Å². The van der Waals surface area contributed by atoms with E-state index in [0.717, 1.165) is 30.2 Å². The molecule has 1 aliphatic rings. The average Bonchev–Trinajstić information content (AvgIpc) is 3.02. The van der Waals surface area contributed by atoms with Crippen LogP contribution in [-0.2, 0) is 12.0 Å². The Bertz CT molecular complexity index is 1400. The van der Waals surface area contributed by atoms with Crippen molar-refractivity contribution in [2.45, 2.75) is 45.8 Å². The first kappa shape index (κ1) is 29.4. The van der Waals surface area contributed by atoms with Crippen molar-refractivity contribution in [1.82, 2.24) is 9.80 Å². The standard InChI is InChI=1S/C37H42N2O3/c1-5-41-34-21-16-30(26-31(34)27-42-33-19-17-32(18-20-33)37(2,3)4)36(40)39-24-22-38(23-25-39)35(28-12-8-6-9-13-28)29-14-10-7-11-15-29/h6-21,26,35H,5,22-25,27H2,1-4H3. The molecule has 5 heteroatoms. The molecule has 4 aromatic carbocycles. The number of hydrogen-bond acceptors (Lipinski definition) is 4. The fourth-order valence-corrected chi connectivity index (χ4v) is 5.58. The van der Waals surface area contributed by atoms with Crippen LogP contribution in [0.5, 0.6) is 11.5 Å². The van der Waals surface area contributed by atoms with Gasteiger partial charge in [0.25, 0.3) is 5.91 Å². The molecule has 1 aliphatic heterocycles. The summed E-state index contributed by atoms with van der Waals surface area (Å²) in [6.45, 7) is 12.4. The van der Waals surface area contributed by atoms with E-state index >= 15 is 0 Å². The van der Waals surface area contributed by atoms with Crippen LogP contribution in [0.4, 0.5) is 0 Å². The Morgan fingerprint density at radius 2 is 1.36 bits per heavy atom. The Morgan fingerprint density at radius 1 is 0.762 bits per heavy atom. The summed E-state index contributed by atoms with van der Waals surface area (Å²) >= 11 is 0. The van der Waals surface area contributed by atoms with E-state index in [1.54, 1.807) is 0 Å². The number of carbonyl (C=O) groups is 1. The molecule has 5 rings (SSSR count). The molecule has 1 heterocycles. The lowest BCUT2D eigenvalue weighted by molar-refractivity contribution is 0.0597. The van der Waals surface area contributed by atoms with E-state index in [4.69, 9.17) is 9.47 Å². The Hall–Kier alpha value is -4.09. The van der Waals surface area contributed by atoms with Gasteiger partial charge < -0.3 is 14.4 Å². The lowest BCUT2D eigenvalue weighted by Gasteiger charge is -2.40. The van der Waals surface area contributed by atoms with E-state index in [9.17, 15) is 4.79 Å². The van der Waals surface area contributed by atoms with Gasteiger partial charge >= 0.3 is 0 Å². The van der Waals surface area contributed by atoms with Crippen LogP contribution in [0.15, 0.2) is 103 Å². The maximum absolute atomic E-state index is 13.7. The van der Waals surface area contributed by atoms with Crippen LogP contribution in [0.3, 0.4) is 0 Å². The molecule has 0 radical (unpaired) electrons. The smallest absolute Gasteiger partial charge is 0.253 e. The molecule has 0 aromatic heterocycles. The number of benzene rings is 4. The summed E-state index contributed by atoms with van der Waals surface area (Å²) in [5.74, 6) is 1.59. The minimum atomic E-state index is 0.0458. The zero-order valence-electron chi connectivity index (χ0n) is 25.3. The zero-order chi connectivity index (χ0) is 29.5. The Kier molecular flexibility index (Phi) is 9.28. The molecule has 0 aliphatic carbocycles. The first-order chi connectivity index (χ1) is 20.3. The maximum Gasteiger partial charge on any atom is 0.253 e. The highest BCUT2D eigenvalue weighted by Gasteiger charge is 2.29. The molecule has 0 spiro atoms. The van der Waals surface area contributed by atoms with Gasteiger partial charge in [-0.1, -0.05) is 93.6 Å². The molecule has 1 amide bonds. The van der Waals surface area contributed by atoms with Crippen molar-refractivity contribution in [2.75, 3.05) is 32.8 Å². The first-order valence-electron chi connectivity index (χ1n) is 15.0. The van der Waals surface area contributed by atoms with Gasteiger partial charge in [0.2, 0.25) is 0 Å². The summed E-state index contributed by atoms with van der Waals surface area (Å²) in [5.41, 5.74) is 5.42. The number of rotatable bonds is 9. The minimum absolute atomic E-state index is 0.0458. The first-order valence-corrected chi connectivity index (χ1v) is 15.0. The van der Waals surface area contributed by atoms with Crippen molar-refractivity contribution < 1.29 is 14.3 Å². The van der Waals surface area contributed by atoms with Crippen molar-refractivity contribution in [3.8, 4) is 11.5 Å². The molecular weight excluding hydrogens is 520 g/mol. The quantitative estimate of drug-likeness (QED) is 0.212.